The van der Waals surface area contributed by atoms with Gasteiger partial charge in [-0.25, -0.2) is 14.0 Å². The Hall–Kier alpha value is -4.99. The van der Waals surface area contributed by atoms with Crippen molar-refractivity contribution in [1.29, 1.82) is 0 Å². The van der Waals surface area contributed by atoms with Crippen molar-refractivity contribution >= 4 is 34.6 Å². The summed E-state index contributed by atoms with van der Waals surface area (Å²) in [7, 11) is 0. The molecule has 0 aliphatic rings. The first-order chi connectivity index (χ1) is 20.8. The lowest BCUT2D eigenvalue weighted by molar-refractivity contribution is -0.133. The lowest BCUT2D eigenvalue weighted by Gasteiger charge is -2.28. The number of benzene rings is 3. The van der Waals surface area contributed by atoms with E-state index in [-0.39, 0.29) is 37.2 Å². The molecule has 0 aliphatic heterocycles. The Morgan fingerprint density at radius 1 is 0.907 bits per heavy atom. The molecule has 224 valence electrons. The summed E-state index contributed by atoms with van der Waals surface area (Å²) in [4.78, 5) is 55.1. The second-order valence-corrected chi connectivity index (χ2v) is 9.97. The molecule has 0 saturated carbocycles. The lowest BCUT2D eigenvalue weighted by atomic mass is 10.1. The van der Waals surface area contributed by atoms with Gasteiger partial charge >= 0.3 is 12.0 Å². The minimum absolute atomic E-state index is 0.0675. The molecule has 1 N–H and O–H groups in total. The SMILES string of the molecule is CCCCN(CC(=O)N(Cc1ccc(F)cc1)Cc1coc2ccccc2c1=O)C(=O)Nc1ccc(C(=O)OCC)cc1. The smallest absolute Gasteiger partial charge is 0.338 e. The van der Waals surface area contributed by atoms with Gasteiger partial charge in [-0.3, -0.25) is 9.59 Å². The van der Waals surface area contributed by atoms with Crippen LogP contribution in [0.1, 0.15) is 48.2 Å². The standard InChI is InChI=1S/C33H34FN3O6/c1-3-5-18-36(33(41)35-27-16-12-24(13-17-27)32(40)42-4-2)21-30(38)37(19-23-10-14-26(34)15-11-23)20-25-22-43-29-9-7-6-8-28(29)31(25)39/h6-17,22H,3-5,18-21H2,1-2H3,(H,35,41). The van der Waals surface area contributed by atoms with Crippen LogP contribution in [0.3, 0.4) is 0 Å². The Kier molecular flexibility index (Phi) is 10.6. The van der Waals surface area contributed by atoms with E-state index in [1.54, 1.807) is 67.6 Å². The molecular weight excluding hydrogens is 553 g/mol. The Balaban J connectivity index is 1.55. The summed E-state index contributed by atoms with van der Waals surface area (Å²) < 4.78 is 24.2. The number of fused-ring (bicyclic) bond motifs is 1. The summed E-state index contributed by atoms with van der Waals surface area (Å²) in [6.45, 7) is 4.03. The van der Waals surface area contributed by atoms with Crippen molar-refractivity contribution in [2.24, 2.45) is 0 Å². The van der Waals surface area contributed by atoms with Gasteiger partial charge in [-0.05, 0) is 67.4 Å². The number of urea groups is 1. The summed E-state index contributed by atoms with van der Waals surface area (Å²) in [6.07, 6.45) is 2.80. The summed E-state index contributed by atoms with van der Waals surface area (Å²) >= 11 is 0. The van der Waals surface area contributed by atoms with Gasteiger partial charge < -0.3 is 24.3 Å². The first kappa shape index (κ1) is 31.0. The average Bonchev–Trinajstić information content (AvgIpc) is 3.01. The minimum atomic E-state index is -0.488. The zero-order valence-electron chi connectivity index (χ0n) is 24.2. The van der Waals surface area contributed by atoms with Gasteiger partial charge in [0.15, 0.2) is 5.43 Å². The van der Waals surface area contributed by atoms with Crippen molar-refractivity contribution in [3.05, 3.63) is 112 Å². The van der Waals surface area contributed by atoms with Crippen LogP contribution in [-0.2, 0) is 22.6 Å². The van der Waals surface area contributed by atoms with Crippen molar-refractivity contribution in [1.82, 2.24) is 9.80 Å². The number of amides is 3. The molecule has 1 heterocycles. The zero-order valence-corrected chi connectivity index (χ0v) is 24.2. The van der Waals surface area contributed by atoms with Crippen molar-refractivity contribution in [2.75, 3.05) is 25.0 Å². The summed E-state index contributed by atoms with van der Waals surface area (Å²) in [6, 6.07) is 18.4. The maximum atomic E-state index is 13.8. The maximum Gasteiger partial charge on any atom is 0.338 e. The molecule has 0 unspecified atom stereocenters. The highest BCUT2D eigenvalue weighted by Crippen LogP contribution is 2.16. The quantitative estimate of drug-likeness (QED) is 0.205. The van der Waals surface area contributed by atoms with Crippen LogP contribution in [-0.4, -0.2) is 47.4 Å². The molecule has 0 saturated heterocycles. The first-order valence-electron chi connectivity index (χ1n) is 14.1. The molecular formula is C33H34FN3O6. The molecule has 0 aliphatic carbocycles. The van der Waals surface area contributed by atoms with Crippen LogP contribution in [0.2, 0.25) is 0 Å². The molecule has 0 radical (unpaired) electrons. The summed E-state index contributed by atoms with van der Waals surface area (Å²) in [5.74, 6) is -1.27. The second kappa shape index (κ2) is 14.8. The van der Waals surface area contributed by atoms with E-state index in [2.05, 4.69) is 5.32 Å². The second-order valence-electron chi connectivity index (χ2n) is 9.97. The highest BCUT2D eigenvalue weighted by molar-refractivity contribution is 5.94. The van der Waals surface area contributed by atoms with Crippen molar-refractivity contribution in [2.45, 2.75) is 39.8 Å². The van der Waals surface area contributed by atoms with Crippen LogP contribution in [0, 0.1) is 5.82 Å². The Labute approximate surface area is 248 Å². The number of rotatable bonds is 12. The third-order valence-electron chi connectivity index (χ3n) is 6.79. The van der Waals surface area contributed by atoms with Crippen LogP contribution >= 0.6 is 0 Å². The number of carbonyl (C=O) groups is 3. The number of carbonyl (C=O) groups excluding carboxylic acids is 3. The number of halogens is 1. The highest BCUT2D eigenvalue weighted by Gasteiger charge is 2.23. The van der Waals surface area contributed by atoms with E-state index in [0.29, 0.717) is 40.7 Å². The molecule has 0 spiro atoms. The van der Waals surface area contributed by atoms with E-state index in [4.69, 9.17) is 9.15 Å². The van der Waals surface area contributed by atoms with Gasteiger partial charge in [-0.2, -0.15) is 0 Å². The lowest BCUT2D eigenvalue weighted by Crippen LogP contribution is -2.44. The van der Waals surface area contributed by atoms with E-state index < -0.39 is 23.7 Å². The number of hydrogen-bond donors (Lipinski definition) is 1. The van der Waals surface area contributed by atoms with Crippen molar-refractivity contribution in [3.63, 3.8) is 0 Å². The summed E-state index contributed by atoms with van der Waals surface area (Å²) in [5.41, 5.74) is 1.92. The van der Waals surface area contributed by atoms with Crippen LogP contribution in [0.4, 0.5) is 14.9 Å². The molecule has 0 bridgehead atoms. The Bertz CT molecular complexity index is 1620. The van der Waals surface area contributed by atoms with E-state index in [1.165, 1.54) is 28.2 Å². The molecule has 1 aromatic heterocycles. The predicted molar refractivity (Wildman–Crippen MR) is 161 cm³/mol. The monoisotopic (exact) mass is 587 g/mol. The van der Waals surface area contributed by atoms with E-state index in [0.717, 1.165) is 6.42 Å². The van der Waals surface area contributed by atoms with Crippen LogP contribution in [0.5, 0.6) is 0 Å². The fraction of sp³-hybridized carbons (Fsp3) is 0.273. The van der Waals surface area contributed by atoms with Crippen molar-refractivity contribution < 1.29 is 27.9 Å². The van der Waals surface area contributed by atoms with Gasteiger partial charge in [0.25, 0.3) is 0 Å². The molecule has 3 amide bonds. The molecule has 4 aromatic rings. The average molecular weight is 588 g/mol. The number of esters is 1. The first-order valence-corrected chi connectivity index (χ1v) is 14.1. The number of unbranched alkanes of at least 4 members (excludes halogenated alkanes) is 1. The van der Waals surface area contributed by atoms with E-state index in [9.17, 15) is 23.6 Å². The third kappa shape index (κ3) is 8.28. The van der Waals surface area contributed by atoms with Gasteiger partial charge in [0.1, 0.15) is 17.9 Å². The van der Waals surface area contributed by atoms with Gasteiger partial charge in [-0.15, -0.1) is 0 Å². The zero-order chi connectivity index (χ0) is 30.8. The number of nitrogens with one attached hydrogen (secondary N) is 1. The fourth-order valence-electron chi connectivity index (χ4n) is 4.45. The molecule has 0 fully saturated rings. The Morgan fingerprint density at radius 2 is 1.63 bits per heavy atom. The number of anilines is 1. The topological polar surface area (TPSA) is 109 Å². The van der Waals surface area contributed by atoms with Crippen molar-refractivity contribution in [3.8, 4) is 0 Å². The van der Waals surface area contributed by atoms with Gasteiger partial charge in [-0.1, -0.05) is 37.6 Å². The van der Waals surface area contributed by atoms with Gasteiger partial charge in [0.05, 0.1) is 35.9 Å². The maximum absolute atomic E-state index is 13.8. The number of para-hydroxylation sites is 1. The Morgan fingerprint density at radius 3 is 2.33 bits per heavy atom. The molecule has 43 heavy (non-hydrogen) atoms. The normalized spacial score (nSPS) is 10.8. The fourth-order valence-corrected chi connectivity index (χ4v) is 4.45. The predicted octanol–water partition coefficient (Wildman–Crippen LogP) is 5.97. The van der Waals surface area contributed by atoms with Gasteiger partial charge in [0, 0.05) is 18.8 Å². The van der Waals surface area contributed by atoms with E-state index in [1.807, 2.05) is 6.92 Å². The summed E-state index contributed by atoms with van der Waals surface area (Å²) in [5, 5.41) is 3.18. The number of hydrogen-bond acceptors (Lipinski definition) is 6. The number of ether oxygens (including phenoxy) is 1. The molecule has 3 aromatic carbocycles. The molecule has 4 rings (SSSR count). The molecule has 0 atom stereocenters. The molecule has 9 nitrogen and oxygen atoms in total. The molecule has 10 heteroatoms. The van der Waals surface area contributed by atoms with Gasteiger partial charge in [0.2, 0.25) is 5.91 Å². The van der Waals surface area contributed by atoms with E-state index >= 15 is 0 Å². The van der Waals surface area contributed by atoms with Crippen LogP contribution in [0.15, 0.2) is 88.3 Å². The van der Waals surface area contributed by atoms with Crippen LogP contribution < -0.4 is 10.7 Å². The highest BCUT2D eigenvalue weighted by atomic mass is 19.1. The van der Waals surface area contributed by atoms with Crippen LogP contribution in [0.25, 0.3) is 11.0 Å². The largest absolute Gasteiger partial charge is 0.464 e. The minimum Gasteiger partial charge on any atom is -0.464 e. The third-order valence-corrected chi connectivity index (χ3v) is 6.79. The number of nitrogens with zero attached hydrogens (tertiary/aromatic N) is 2.